The molecule has 6 fully saturated rings. The number of carbonyl (C=O) groups excluding carboxylic acids is 4. The molecule has 0 N–H and O–H groups in total. The molecule has 322 valence electrons. The summed E-state index contributed by atoms with van der Waals surface area (Å²) in [6.07, 6.45) is 2.71. The number of piperidine rings is 6. The van der Waals surface area contributed by atoms with Crippen molar-refractivity contribution in [3.8, 4) is 0 Å². The van der Waals surface area contributed by atoms with Gasteiger partial charge in [-0.25, -0.2) is 9.59 Å². The zero-order valence-electron chi connectivity index (χ0n) is 35.1. The molecule has 4 aromatic carbocycles. The number of carbonyl (C=O) groups is 4. The van der Waals surface area contributed by atoms with Gasteiger partial charge in [0.25, 0.3) is 0 Å². The number of benzene rings is 4. The molecule has 4 atom stereocenters. The second-order valence-corrected chi connectivity index (χ2v) is 17.7. The average molecular weight is 839 g/mol. The first kappa shape index (κ1) is 40.4. The van der Waals surface area contributed by atoms with E-state index in [9.17, 15) is 19.2 Å². The Labute approximate surface area is 362 Å². The summed E-state index contributed by atoms with van der Waals surface area (Å²) >= 11 is 0. The van der Waals surface area contributed by atoms with Crippen LogP contribution in [0.2, 0.25) is 0 Å². The van der Waals surface area contributed by atoms with Crippen molar-refractivity contribution >= 4 is 24.1 Å². The molecule has 8 aliphatic heterocycles. The molecule has 8 heterocycles. The first-order valence-corrected chi connectivity index (χ1v) is 22.4. The van der Waals surface area contributed by atoms with Gasteiger partial charge in [-0.15, -0.1) is 0 Å². The predicted molar refractivity (Wildman–Crippen MR) is 228 cm³/mol. The monoisotopic (exact) mass is 838 g/mol. The van der Waals surface area contributed by atoms with E-state index in [0.29, 0.717) is 48.2 Å². The Morgan fingerprint density at radius 1 is 0.484 bits per heavy atom. The third-order valence-electron chi connectivity index (χ3n) is 14.3. The minimum atomic E-state index is -1.66. The highest BCUT2D eigenvalue weighted by atomic mass is 16.6. The number of hydrogen-bond acceptors (Lipinski definition) is 10. The highest BCUT2D eigenvalue weighted by Crippen LogP contribution is 2.46. The lowest BCUT2D eigenvalue weighted by Gasteiger charge is -2.49. The second-order valence-electron chi connectivity index (χ2n) is 17.7. The second kappa shape index (κ2) is 16.9. The normalized spacial score (nSPS) is 29.5. The van der Waals surface area contributed by atoms with Crippen molar-refractivity contribution in [2.45, 2.75) is 75.0 Å². The van der Waals surface area contributed by atoms with E-state index in [4.69, 9.17) is 18.9 Å². The summed E-state index contributed by atoms with van der Waals surface area (Å²) in [4.78, 5) is 65.7. The third-order valence-corrected chi connectivity index (χ3v) is 14.3. The van der Waals surface area contributed by atoms with Crippen LogP contribution in [0.15, 0.2) is 109 Å². The van der Waals surface area contributed by atoms with Gasteiger partial charge in [-0.3, -0.25) is 29.2 Å². The van der Waals surface area contributed by atoms with Crippen LogP contribution in [0, 0.1) is 11.8 Å². The summed E-state index contributed by atoms with van der Waals surface area (Å²) in [5.41, 5.74) is 1.08. The van der Waals surface area contributed by atoms with E-state index in [1.807, 2.05) is 109 Å². The first-order valence-electron chi connectivity index (χ1n) is 22.4. The molecule has 6 saturated heterocycles. The lowest BCUT2D eigenvalue weighted by atomic mass is 9.84. The van der Waals surface area contributed by atoms with Crippen LogP contribution in [0.3, 0.4) is 0 Å². The Morgan fingerprint density at radius 3 is 1.23 bits per heavy atom. The Kier molecular flexibility index (Phi) is 11.0. The fraction of sp³-hybridized carbons (Fsp3) is 0.440. The minimum absolute atomic E-state index is 0.254. The molecule has 62 heavy (non-hydrogen) atoms. The largest absolute Gasteiger partial charge is 0.444 e. The highest BCUT2D eigenvalue weighted by molar-refractivity contribution is 5.81. The molecule has 12 heteroatoms. The number of hydrogen-bond donors (Lipinski definition) is 0. The van der Waals surface area contributed by atoms with Gasteiger partial charge in [0.2, 0.25) is 11.4 Å². The summed E-state index contributed by atoms with van der Waals surface area (Å²) in [6.45, 7) is 5.90. The number of ether oxygens (including phenoxy) is 4. The molecule has 12 nitrogen and oxygen atoms in total. The summed E-state index contributed by atoms with van der Waals surface area (Å²) in [5.74, 6) is -0.817. The summed E-state index contributed by atoms with van der Waals surface area (Å²) in [7, 11) is 0. The molecule has 0 radical (unpaired) electrons. The van der Waals surface area contributed by atoms with E-state index >= 15 is 0 Å². The van der Waals surface area contributed by atoms with Gasteiger partial charge in [0, 0.05) is 48.4 Å². The van der Waals surface area contributed by atoms with Crippen molar-refractivity contribution in [3.05, 3.63) is 143 Å². The van der Waals surface area contributed by atoms with Crippen molar-refractivity contribution in [2.75, 3.05) is 52.4 Å². The summed E-state index contributed by atoms with van der Waals surface area (Å²) in [6, 6.07) is 34.0. The number of nitrogens with zero attached hydrogens (tertiary/aromatic N) is 4. The third kappa shape index (κ3) is 7.30. The van der Waals surface area contributed by atoms with Gasteiger partial charge >= 0.3 is 24.1 Å². The number of rotatable bonds is 9. The van der Waals surface area contributed by atoms with Gasteiger partial charge in [0.05, 0.1) is 12.8 Å². The number of fused-ring (bicyclic) bond motifs is 8. The maximum atomic E-state index is 14.5. The molecule has 0 spiro atoms. The zero-order valence-corrected chi connectivity index (χ0v) is 35.1. The molecule has 0 saturated carbocycles. The summed E-state index contributed by atoms with van der Waals surface area (Å²) in [5, 5.41) is 0. The Balaban J connectivity index is 0.941. The molecule has 4 aromatic rings. The maximum Gasteiger partial charge on any atom is 0.413 e. The van der Waals surface area contributed by atoms with Gasteiger partial charge in [-0.05, 0) is 87.7 Å². The standard InChI is InChI=1S/C50H54N4O8/c55-45(61-49(39-13-3-1-4-14-39)41-17-9-7-11-35(41)25-31-53(49)47(57)59-43-33-51-27-21-37(43)22-28-51)19-20-46(56)62-50(40-15-5-2-6-16-40)42-18-10-8-12-36(42)26-32-54(50)48(58)60-44-34-52-29-23-38(44)24-30-52/h1-18,37-38,43-44H,19-34H2/t43-,44-,49-,50-/m0/s1. The molecular weight excluding hydrogens is 785 g/mol. The smallest absolute Gasteiger partial charge is 0.413 e. The Hall–Kier alpha value is -5.72. The lowest BCUT2D eigenvalue weighted by molar-refractivity contribution is -0.185. The molecule has 0 aromatic heterocycles. The molecule has 0 unspecified atom stereocenters. The Bertz CT molecular complexity index is 2130. The van der Waals surface area contributed by atoms with Crippen molar-refractivity contribution < 1.29 is 38.1 Å². The zero-order chi connectivity index (χ0) is 42.3. The van der Waals surface area contributed by atoms with Crippen molar-refractivity contribution in [1.29, 1.82) is 0 Å². The van der Waals surface area contributed by atoms with Crippen LogP contribution in [0.4, 0.5) is 9.59 Å². The van der Waals surface area contributed by atoms with E-state index in [1.165, 1.54) is 0 Å². The van der Waals surface area contributed by atoms with Crippen LogP contribution in [0.5, 0.6) is 0 Å². The number of amides is 2. The summed E-state index contributed by atoms with van der Waals surface area (Å²) < 4.78 is 25.9. The maximum absolute atomic E-state index is 14.5. The van der Waals surface area contributed by atoms with Gasteiger partial charge in [-0.1, -0.05) is 109 Å². The van der Waals surface area contributed by atoms with E-state index in [1.54, 1.807) is 9.80 Å². The lowest BCUT2D eigenvalue weighted by Crippen LogP contribution is -2.59. The first-order chi connectivity index (χ1) is 30.3. The van der Waals surface area contributed by atoms with Crippen LogP contribution < -0.4 is 0 Å². The molecular formula is C50H54N4O8. The molecule has 4 bridgehead atoms. The fourth-order valence-electron chi connectivity index (χ4n) is 11.0. The quantitative estimate of drug-likeness (QED) is 0.131. The molecule has 2 amide bonds. The van der Waals surface area contributed by atoms with Crippen LogP contribution in [0.1, 0.15) is 71.9 Å². The molecule has 0 aliphatic carbocycles. The molecule has 8 aliphatic rings. The van der Waals surface area contributed by atoms with Crippen LogP contribution in [-0.2, 0) is 52.8 Å². The van der Waals surface area contributed by atoms with Crippen molar-refractivity contribution in [3.63, 3.8) is 0 Å². The van der Waals surface area contributed by atoms with Gasteiger partial charge in [-0.2, -0.15) is 0 Å². The Morgan fingerprint density at radius 2 is 0.855 bits per heavy atom. The van der Waals surface area contributed by atoms with Crippen molar-refractivity contribution in [2.24, 2.45) is 11.8 Å². The number of esters is 2. The van der Waals surface area contributed by atoms with Crippen LogP contribution in [0.25, 0.3) is 0 Å². The van der Waals surface area contributed by atoms with Gasteiger partial charge in [0.15, 0.2) is 0 Å². The fourth-order valence-corrected chi connectivity index (χ4v) is 11.0. The van der Waals surface area contributed by atoms with E-state index in [0.717, 1.165) is 63.0 Å². The minimum Gasteiger partial charge on any atom is -0.444 e. The van der Waals surface area contributed by atoms with E-state index in [-0.39, 0.29) is 50.0 Å². The van der Waals surface area contributed by atoms with Gasteiger partial charge < -0.3 is 18.9 Å². The molecule has 12 rings (SSSR count). The van der Waals surface area contributed by atoms with Crippen molar-refractivity contribution in [1.82, 2.24) is 19.6 Å². The SMILES string of the molecule is O=C(CCC(=O)O[C@@]1(c2ccccc2)c2ccccc2CCN1C(=O)O[C@H]1CN2CCC1CC2)O[C@@]1(c2ccccc2)c2ccccc2CCN1C(=O)O[C@H]1CN2CCC1CC2. The van der Waals surface area contributed by atoms with Crippen LogP contribution in [-0.4, -0.2) is 108 Å². The highest BCUT2D eigenvalue weighted by Gasteiger charge is 2.54. The van der Waals surface area contributed by atoms with Gasteiger partial charge in [0.1, 0.15) is 12.2 Å². The van der Waals surface area contributed by atoms with E-state index in [2.05, 4.69) is 9.80 Å². The van der Waals surface area contributed by atoms with E-state index < -0.39 is 35.6 Å². The average Bonchev–Trinajstić information content (AvgIpc) is 3.32. The van der Waals surface area contributed by atoms with Crippen LogP contribution >= 0.6 is 0 Å². The predicted octanol–water partition coefficient (Wildman–Crippen LogP) is 6.83. The topological polar surface area (TPSA) is 118 Å².